The van der Waals surface area contributed by atoms with E-state index in [4.69, 9.17) is 6.57 Å². The highest BCUT2D eigenvalue weighted by molar-refractivity contribution is 7.95. The Labute approximate surface area is 197 Å². The van der Waals surface area contributed by atoms with Crippen molar-refractivity contribution in [2.24, 2.45) is 28.6 Å². The SMILES string of the molecule is [C-]#[N+]C(=C1CC[C@H]2[C@@H]3CCC4=CC(=O)CC[C@]4(C)[C@H]3CC[C@]12C)S(=O)(=O)c1ccc(C)cc1. The van der Waals surface area contributed by atoms with E-state index in [9.17, 15) is 13.2 Å². The number of sulfone groups is 1. The van der Waals surface area contributed by atoms with E-state index in [1.165, 1.54) is 5.57 Å². The van der Waals surface area contributed by atoms with E-state index in [2.05, 4.69) is 18.7 Å². The summed E-state index contributed by atoms with van der Waals surface area (Å²) in [6.45, 7) is 14.4. The van der Waals surface area contributed by atoms with Gasteiger partial charge in [-0.3, -0.25) is 4.79 Å². The first-order valence-electron chi connectivity index (χ1n) is 12.3. The monoisotopic (exact) mass is 463 g/mol. The van der Waals surface area contributed by atoms with Crippen LogP contribution in [0, 0.1) is 42.1 Å². The van der Waals surface area contributed by atoms with Crippen LogP contribution in [0.4, 0.5) is 0 Å². The van der Waals surface area contributed by atoms with Gasteiger partial charge in [0.2, 0.25) is 9.84 Å². The quantitative estimate of drug-likeness (QED) is 0.475. The number of ketones is 1. The Morgan fingerprint density at radius 2 is 1.67 bits per heavy atom. The second-order valence-electron chi connectivity index (χ2n) is 11.2. The molecule has 5 atom stereocenters. The van der Waals surface area contributed by atoms with Crippen molar-refractivity contribution in [1.82, 2.24) is 0 Å². The molecule has 3 saturated carbocycles. The molecule has 4 aliphatic rings. The molecule has 0 bridgehead atoms. The van der Waals surface area contributed by atoms with E-state index >= 15 is 0 Å². The minimum absolute atomic E-state index is 0.0272. The number of fused-ring (bicyclic) bond motifs is 5. The van der Waals surface area contributed by atoms with E-state index in [1.807, 2.05) is 13.0 Å². The minimum atomic E-state index is -3.83. The molecule has 4 nitrogen and oxygen atoms in total. The number of benzene rings is 1. The zero-order valence-corrected chi connectivity index (χ0v) is 20.7. The summed E-state index contributed by atoms with van der Waals surface area (Å²) >= 11 is 0. The first kappa shape index (κ1) is 22.6. The van der Waals surface area contributed by atoms with Gasteiger partial charge in [0.25, 0.3) is 5.03 Å². The average molecular weight is 464 g/mol. The maximum Gasteiger partial charge on any atom is 0.282 e. The normalized spacial score (nSPS) is 37.3. The molecule has 0 N–H and O–H groups in total. The molecule has 5 heteroatoms. The third kappa shape index (κ3) is 3.28. The summed E-state index contributed by atoms with van der Waals surface area (Å²) < 4.78 is 27.0. The molecule has 0 radical (unpaired) electrons. The molecule has 3 fully saturated rings. The number of hydrogen-bond acceptors (Lipinski definition) is 3. The predicted octanol–water partition coefficient (Wildman–Crippen LogP) is 6.43. The molecule has 1 aromatic rings. The average Bonchev–Trinajstić information content (AvgIpc) is 3.12. The molecule has 174 valence electrons. The fourth-order valence-electron chi connectivity index (χ4n) is 7.84. The first-order chi connectivity index (χ1) is 15.6. The zero-order chi connectivity index (χ0) is 23.6. The molecule has 0 saturated heterocycles. The number of aryl methyl sites for hydroxylation is 1. The Bertz CT molecular complexity index is 1220. The number of carbonyl (C=O) groups excluding carboxylic acids is 1. The molecule has 0 unspecified atom stereocenters. The number of carbonyl (C=O) groups is 1. The van der Waals surface area contributed by atoms with Gasteiger partial charge >= 0.3 is 0 Å². The summed E-state index contributed by atoms with van der Waals surface area (Å²) in [5.74, 6) is 1.77. The number of hydrogen-bond donors (Lipinski definition) is 0. The smallest absolute Gasteiger partial charge is 0.282 e. The highest BCUT2D eigenvalue weighted by Crippen LogP contribution is 2.67. The molecule has 0 aliphatic heterocycles. The van der Waals surface area contributed by atoms with Crippen molar-refractivity contribution in [1.29, 1.82) is 0 Å². The van der Waals surface area contributed by atoms with Gasteiger partial charge in [-0.05, 0) is 104 Å². The fourth-order valence-corrected chi connectivity index (χ4v) is 9.34. The van der Waals surface area contributed by atoms with Gasteiger partial charge in [-0.1, -0.05) is 37.1 Å². The summed E-state index contributed by atoms with van der Waals surface area (Å²) in [4.78, 5) is 16.0. The Hall–Kier alpha value is -2.19. The number of allylic oxidation sites excluding steroid dienone is 2. The van der Waals surface area contributed by atoms with Crippen molar-refractivity contribution in [2.45, 2.75) is 77.0 Å². The van der Waals surface area contributed by atoms with Crippen molar-refractivity contribution in [2.75, 3.05) is 0 Å². The molecule has 0 spiro atoms. The first-order valence-corrected chi connectivity index (χ1v) is 13.8. The third-order valence-electron chi connectivity index (χ3n) is 9.69. The summed E-state index contributed by atoms with van der Waals surface area (Å²) in [6.07, 6.45) is 9.20. The van der Waals surface area contributed by atoms with Crippen LogP contribution >= 0.6 is 0 Å². The molecule has 0 heterocycles. The lowest BCUT2D eigenvalue weighted by atomic mass is 9.47. The van der Waals surface area contributed by atoms with Crippen LogP contribution in [0.5, 0.6) is 0 Å². The maximum atomic E-state index is 13.5. The van der Waals surface area contributed by atoms with E-state index < -0.39 is 9.84 Å². The molecule has 0 amide bonds. The topological polar surface area (TPSA) is 55.6 Å². The van der Waals surface area contributed by atoms with E-state index in [-0.39, 0.29) is 26.5 Å². The van der Waals surface area contributed by atoms with Crippen molar-refractivity contribution >= 4 is 15.6 Å². The molecule has 33 heavy (non-hydrogen) atoms. The van der Waals surface area contributed by atoms with Gasteiger partial charge in [-0.15, -0.1) is 0 Å². The Morgan fingerprint density at radius 1 is 0.970 bits per heavy atom. The van der Waals surface area contributed by atoms with Crippen LogP contribution in [0.3, 0.4) is 0 Å². The summed E-state index contributed by atoms with van der Waals surface area (Å²) in [6, 6.07) is 6.85. The van der Waals surface area contributed by atoms with Crippen LogP contribution in [0.25, 0.3) is 4.85 Å². The van der Waals surface area contributed by atoms with Gasteiger partial charge in [0.1, 0.15) is 0 Å². The Balaban J connectivity index is 1.53. The highest BCUT2D eigenvalue weighted by atomic mass is 32.2. The van der Waals surface area contributed by atoms with E-state index in [0.29, 0.717) is 30.6 Å². The fraction of sp³-hybridized carbons (Fsp3) is 0.571. The van der Waals surface area contributed by atoms with Crippen molar-refractivity contribution in [3.05, 3.63) is 63.5 Å². The zero-order valence-electron chi connectivity index (χ0n) is 19.9. The van der Waals surface area contributed by atoms with Crippen molar-refractivity contribution < 1.29 is 13.2 Å². The summed E-state index contributed by atoms with van der Waals surface area (Å²) in [7, 11) is -3.83. The molecule has 1 aromatic carbocycles. The second kappa shape index (κ2) is 7.67. The third-order valence-corrected chi connectivity index (χ3v) is 11.4. The lowest BCUT2D eigenvalue weighted by Crippen LogP contribution is -2.49. The molecule has 4 aliphatic carbocycles. The van der Waals surface area contributed by atoms with Gasteiger partial charge in [0.05, 0.1) is 11.5 Å². The van der Waals surface area contributed by atoms with Crippen LogP contribution in [0.15, 0.2) is 51.4 Å². The van der Waals surface area contributed by atoms with Crippen molar-refractivity contribution in [3.8, 4) is 0 Å². The minimum Gasteiger partial charge on any atom is -0.295 e. The van der Waals surface area contributed by atoms with E-state index in [0.717, 1.165) is 49.7 Å². The Morgan fingerprint density at radius 3 is 2.36 bits per heavy atom. The largest absolute Gasteiger partial charge is 0.295 e. The van der Waals surface area contributed by atoms with Gasteiger partial charge in [-0.25, -0.2) is 13.3 Å². The van der Waals surface area contributed by atoms with Crippen LogP contribution < -0.4 is 0 Å². The molecular formula is C28H33NO3S. The van der Waals surface area contributed by atoms with Crippen LogP contribution in [-0.4, -0.2) is 14.2 Å². The second-order valence-corrected chi connectivity index (χ2v) is 13.0. The van der Waals surface area contributed by atoms with Crippen LogP contribution in [0.2, 0.25) is 0 Å². The predicted molar refractivity (Wildman–Crippen MR) is 129 cm³/mol. The number of rotatable bonds is 2. The van der Waals surface area contributed by atoms with E-state index in [1.54, 1.807) is 24.3 Å². The summed E-state index contributed by atoms with van der Waals surface area (Å²) in [5.41, 5.74) is 3.08. The standard InChI is InChI=1S/C28H33NO3S/c1-18-5-8-21(9-6-18)33(31,32)26(29-4)25-12-11-23-22-10-7-19-17-20(30)13-15-27(19,2)24(22)14-16-28(23,25)3/h5-6,8-9,17,22-24H,7,10-16H2,1-3H3/t22-,23-,24-,27-,28-/m0/s1. The lowest BCUT2D eigenvalue weighted by Gasteiger charge is -2.57. The van der Waals surface area contributed by atoms with Crippen molar-refractivity contribution in [3.63, 3.8) is 0 Å². The maximum absolute atomic E-state index is 13.5. The molecule has 5 rings (SSSR count). The lowest BCUT2D eigenvalue weighted by molar-refractivity contribution is -0.117. The molecular weight excluding hydrogens is 430 g/mol. The Kier molecular flexibility index (Phi) is 5.25. The van der Waals surface area contributed by atoms with Gasteiger partial charge in [0, 0.05) is 6.42 Å². The van der Waals surface area contributed by atoms with Gasteiger partial charge < -0.3 is 0 Å². The molecule has 0 aromatic heterocycles. The van der Waals surface area contributed by atoms with Gasteiger partial charge in [0.15, 0.2) is 5.78 Å². The highest BCUT2D eigenvalue weighted by Gasteiger charge is 2.58. The summed E-state index contributed by atoms with van der Waals surface area (Å²) in [5, 5.41) is -0.0272. The van der Waals surface area contributed by atoms with Gasteiger partial charge in [-0.2, -0.15) is 0 Å². The van der Waals surface area contributed by atoms with Crippen LogP contribution in [-0.2, 0) is 14.6 Å². The van der Waals surface area contributed by atoms with Crippen LogP contribution in [0.1, 0.15) is 70.8 Å². The number of nitrogens with zero attached hydrogens (tertiary/aromatic N) is 1.